The Kier molecular flexibility index (Phi) is 5.62. The molecule has 0 unspecified atom stereocenters. The molecule has 0 aromatic carbocycles. The summed E-state index contributed by atoms with van der Waals surface area (Å²) in [5, 5.41) is 3.93. The maximum Gasteiger partial charge on any atom is 0.325 e. The van der Waals surface area contributed by atoms with E-state index in [0.717, 1.165) is 11.3 Å². The molecule has 2 fully saturated rings. The van der Waals surface area contributed by atoms with Gasteiger partial charge in [0.25, 0.3) is 0 Å². The van der Waals surface area contributed by atoms with Crippen molar-refractivity contribution in [1.82, 2.24) is 19.8 Å². The summed E-state index contributed by atoms with van der Waals surface area (Å²) in [5.74, 6) is -0.270. The highest BCUT2D eigenvalue weighted by Gasteiger charge is 2.41. The van der Waals surface area contributed by atoms with Gasteiger partial charge in [-0.25, -0.2) is 0 Å². The van der Waals surface area contributed by atoms with Gasteiger partial charge in [0.2, 0.25) is 0 Å². The van der Waals surface area contributed by atoms with Crippen molar-refractivity contribution in [1.29, 1.82) is 0 Å². The second-order valence-corrected chi connectivity index (χ2v) is 7.78. The number of carbonyl (C=O) groups excluding carboxylic acids is 1. The summed E-state index contributed by atoms with van der Waals surface area (Å²) in [5.41, 5.74) is 2.05. The summed E-state index contributed by atoms with van der Waals surface area (Å²) in [6.07, 6.45) is 11.2. The van der Waals surface area contributed by atoms with Gasteiger partial charge in [-0.2, -0.15) is 0 Å². The Morgan fingerprint density at radius 1 is 1.32 bits per heavy atom. The molecule has 1 saturated carbocycles. The number of hydrogen-bond donors (Lipinski definition) is 1. The fourth-order valence-corrected chi connectivity index (χ4v) is 4.62. The number of carbonyl (C=O) groups is 1. The van der Waals surface area contributed by atoms with Gasteiger partial charge < -0.3 is 19.5 Å². The highest BCUT2D eigenvalue weighted by atomic mass is 32.1. The van der Waals surface area contributed by atoms with E-state index in [1.165, 1.54) is 25.7 Å². The molecular formula is C21H26N4O2S. The van der Waals surface area contributed by atoms with Crippen LogP contribution in [-0.4, -0.2) is 38.7 Å². The topological polar surface area (TPSA) is 59.4 Å². The lowest BCUT2D eigenvalue weighted by molar-refractivity contribution is -0.143. The standard InChI is InChI=1S/C21H26N4O2S/c1-2-27-18(26)14-25-20(15-10-12-24(13-15)16-7-3-4-8-16)19(23-21(25)28)17-9-5-6-11-22-17/h5-6,9-13,16,19-20H,2-4,7-8,14H2,1H3,(H,23,28)/t19-,20-/m1/s1. The summed E-state index contributed by atoms with van der Waals surface area (Å²) in [4.78, 5) is 18.7. The Morgan fingerprint density at radius 3 is 2.86 bits per heavy atom. The minimum atomic E-state index is -0.270. The van der Waals surface area contributed by atoms with Crippen molar-refractivity contribution >= 4 is 23.3 Å². The second kappa shape index (κ2) is 8.31. The second-order valence-electron chi connectivity index (χ2n) is 7.39. The third-order valence-electron chi connectivity index (χ3n) is 5.63. The van der Waals surface area contributed by atoms with Crippen molar-refractivity contribution in [3.8, 4) is 0 Å². The molecule has 1 aliphatic carbocycles. The molecular weight excluding hydrogens is 372 g/mol. The Labute approximate surface area is 170 Å². The van der Waals surface area contributed by atoms with Crippen LogP contribution in [0.1, 0.15) is 62.0 Å². The van der Waals surface area contributed by atoms with Crippen LogP contribution in [0, 0.1) is 0 Å². The van der Waals surface area contributed by atoms with E-state index in [2.05, 4.69) is 33.3 Å². The van der Waals surface area contributed by atoms with E-state index in [4.69, 9.17) is 17.0 Å². The molecule has 0 bridgehead atoms. The normalized spacial score (nSPS) is 22.5. The molecule has 3 heterocycles. The van der Waals surface area contributed by atoms with Crippen LogP contribution in [0.4, 0.5) is 0 Å². The lowest BCUT2D eigenvalue weighted by Gasteiger charge is -2.26. The molecule has 1 saturated heterocycles. The Balaban J connectivity index is 1.66. The van der Waals surface area contributed by atoms with Crippen LogP contribution < -0.4 is 5.32 Å². The number of aromatic nitrogens is 2. The number of hydrogen-bond acceptors (Lipinski definition) is 4. The zero-order valence-electron chi connectivity index (χ0n) is 16.1. The van der Waals surface area contributed by atoms with E-state index >= 15 is 0 Å². The molecule has 6 nitrogen and oxygen atoms in total. The summed E-state index contributed by atoms with van der Waals surface area (Å²) in [6, 6.07) is 8.38. The Hall–Kier alpha value is -2.41. The van der Waals surface area contributed by atoms with E-state index in [0.29, 0.717) is 17.8 Å². The molecule has 0 amide bonds. The molecule has 1 aliphatic heterocycles. The van der Waals surface area contributed by atoms with Crippen LogP contribution in [0.2, 0.25) is 0 Å². The molecule has 2 aromatic rings. The van der Waals surface area contributed by atoms with Gasteiger partial charge >= 0.3 is 5.97 Å². The van der Waals surface area contributed by atoms with E-state index in [-0.39, 0.29) is 24.6 Å². The van der Waals surface area contributed by atoms with Crippen LogP contribution >= 0.6 is 12.2 Å². The van der Waals surface area contributed by atoms with Crippen molar-refractivity contribution in [2.45, 2.75) is 50.7 Å². The molecule has 4 rings (SSSR count). The van der Waals surface area contributed by atoms with Crippen molar-refractivity contribution in [2.75, 3.05) is 13.2 Å². The van der Waals surface area contributed by atoms with Gasteiger partial charge in [-0.15, -0.1) is 0 Å². The fraction of sp³-hybridized carbons (Fsp3) is 0.476. The minimum absolute atomic E-state index is 0.102. The SMILES string of the molecule is CCOC(=O)CN1C(=S)N[C@H](c2ccccn2)[C@H]1c1ccn(C2CCCC2)c1. The van der Waals surface area contributed by atoms with Crippen LogP contribution in [0.3, 0.4) is 0 Å². The summed E-state index contributed by atoms with van der Waals surface area (Å²) in [7, 11) is 0. The average Bonchev–Trinajstić information content (AvgIpc) is 3.43. The number of pyridine rings is 1. The molecule has 2 aliphatic rings. The predicted octanol–water partition coefficient (Wildman–Crippen LogP) is 3.53. The maximum absolute atomic E-state index is 12.2. The number of thiocarbonyl (C=S) groups is 1. The van der Waals surface area contributed by atoms with Crippen molar-refractivity contribution in [3.05, 3.63) is 54.1 Å². The predicted molar refractivity (Wildman–Crippen MR) is 111 cm³/mol. The van der Waals surface area contributed by atoms with Crippen molar-refractivity contribution in [3.63, 3.8) is 0 Å². The van der Waals surface area contributed by atoms with Crippen molar-refractivity contribution < 1.29 is 9.53 Å². The molecule has 2 atom stereocenters. The van der Waals surface area contributed by atoms with Gasteiger partial charge in [0, 0.05) is 24.6 Å². The van der Waals surface area contributed by atoms with Crippen molar-refractivity contribution in [2.24, 2.45) is 0 Å². The quantitative estimate of drug-likeness (QED) is 0.593. The number of nitrogens with zero attached hydrogens (tertiary/aromatic N) is 3. The number of esters is 1. The van der Waals surface area contributed by atoms with Crippen LogP contribution in [0.15, 0.2) is 42.9 Å². The van der Waals surface area contributed by atoms with Gasteiger partial charge in [0.1, 0.15) is 6.54 Å². The first-order valence-corrected chi connectivity index (χ1v) is 10.4. The van der Waals surface area contributed by atoms with Gasteiger partial charge in [-0.05, 0) is 55.7 Å². The molecule has 1 N–H and O–H groups in total. The lowest BCUT2D eigenvalue weighted by atomic mass is 9.99. The third-order valence-corrected chi connectivity index (χ3v) is 5.98. The molecule has 7 heteroatoms. The molecule has 148 valence electrons. The van der Waals surface area contributed by atoms with Gasteiger partial charge in [0.05, 0.1) is 24.4 Å². The van der Waals surface area contributed by atoms with Gasteiger partial charge in [-0.3, -0.25) is 9.78 Å². The van der Waals surface area contributed by atoms with Gasteiger partial charge in [0.15, 0.2) is 5.11 Å². The number of ether oxygens (including phenoxy) is 1. The molecule has 0 spiro atoms. The van der Waals surface area contributed by atoms with Gasteiger partial charge in [-0.1, -0.05) is 18.9 Å². The van der Waals surface area contributed by atoms with Crippen LogP contribution in [-0.2, 0) is 9.53 Å². The monoisotopic (exact) mass is 398 g/mol. The summed E-state index contributed by atoms with van der Waals surface area (Å²) >= 11 is 5.58. The van der Waals surface area contributed by atoms with E-state index in [1.54, 1.807) is 6.20 Å². The summed E-state index contributed by atoms with van der Waals surface area (Å²) in [6.45, 7) is 2.30. The van der Waals surface area contributed by atoms with Crippen LogP contribution in [0.25, 0.3) is 0 Å². The highest BCUT2D eigenvalue weighted by Crippen LogP contribution is 2.39. The first kappa shape index (κ1) is 18.9. The lowest BCUT2D eigenvalue weighted by Crippen LogP contribution is -2.35. The van der Waals surface area contributed by atoms with E-state index in [1.807, 2.05) is 30.0 Å². The average molecular weight is 399 g/mol. The summed E-state index contributed by atoms with van der Waals surface area (Å²) < 4.78 is 7.50. The third kappa shape index (κ3) is 3.76. The zero-order valence-corrected chi connectivity index (χ0v) is 16.9. The Bertz CT molecular complexity index is 832. The molecule has 28 heavy (non-hydrogen) atoms. The Morgan fingerprint density at radius 2 is 2.14 bits per heavy atom. The van der Waals surface area contributed by atoms with E-state index in [9.17, 15) is 4.79 Å². The van der Waals surface area contributed by atoms with E-state index < -0.39 is 0 Å². The fourth-order valence-electron chi connectivity index (χ4n) is 4.32. The molecule has 0 radical (unpaired) electrons. The zero-order chi connectivity index (χ0) is 19.5. The highest BCUT2D eigenvalue weighted by molar-refractivity contribution is 7.80. The minimum Gasteiger partial charge on any atom is -0.465 e. The number of nitrogens with one attached hydrogen (secondary N) is 1. The molecule has 2 aromatic heterocycles. The smallest absolute Gasteiger partial charge is 0.325 e. The largest absolute Gasteiger partial charge is 0.465 e. The maximum atomic E-state index is 12.2. The number of rotatable bonds is 6. The first-order valence-electron chi connectivity index (χ1n) is 9.98. The van der Waals surface area contributed by atoms with Crippen LogP contribution in [0.5, 0.6) is 0 Å². The first-order chi connectivity index (χ1) is 13.7.